The van der Waals surface area contributed by atoms with Gasteiger partial charge < -0.3 is 10.2 Å². The van der Waals surface area contributed by atoms with Crippen LogP contribution < -0.4 is 0 Å². The third-order valence-electron chi connectivity index (χ3n) is 3.34. The lowest BCUT2D eigenvalue weighted by molar-refractivity contribution is 0.133. The molecular weight excluding hydrogens is 254 g/mol. The molecule has 1 aromatic rings. The van der Waals surface area contributed by atoms with Crippen LogP contribution in [0.25, 0.3) is 0 Å². The van der Waals surface area contributed by atoms with Crippen molar-refractivity contribution in [3.63, 3.8) is 0 Å². The summed E-state index contributed by atoms with van der Waals surface area (Å²) in [5.41, 5.74) is 0. The second-order valence-corrected chi connectivity index (χ2v) is 6.58. The van der Waals surface area contributed by atoms with E-state index in [9.17, 15) is 13.5 Å². The molecule has 0 aliphatic carbocycles. The summed E-state index contributed by atoms with van der Waals surface area (Å²) in [4.78, 5) is 0.173. The minimum atomic E-state index is -3.51. The zero-order valence-electron chi connectivity index (χ0n) is 10.2. The quantitative estimate of drug-likeness (QED) is 0.851. The van der Waals surface area contributed by atoms with Crippen molar-refractivity contribution in [2.75, 3.05) is 13.1 Å². The zero-order chi connectivity index (χ0) is 13.3. The van der Waals surface area contributed by atoms with Crippen LogP contribution >= 0.6 is 0 Å². The number of hydrogen-bond acceptors (Lipinski definition) is 4. The Balaban J connectivity index is 2.20. The second-order valence-electron chi connectivity index (χ2n) is 4.65. The minimum absolute atomic E-state index is 0.00288. The first-order valence-corrected chi connectivity index (χ1v) is 7.32. The number of aliphatic hydroxyl groups is 1. The summed E-state index contributed by atoms with van der Waals surface area (Å²) in [6.45, 7) is 2.46. The molecule has 1 saturated heterocycles. The highest BCUT2D eigenvalue weighted by Crippen LogP contribution is 2.26. The number of nitrogens with zero attached hydrogens (tertiary/aromatic N) is 1. The number of phenols is 1. The topological polar surface area (TPSA) is 77.8 Å². The van der Waals surface area contributed by atoms with E-state index in [1.165, 1.54) is 28.6 Å². The standard InChI is InChI=1S/C12H17NO4S/c1-9(14)10-6-7-13(8-10)18(16,17)12-4-2-11(15)3-5-12/h2-5,9-10,14-15H,6-8H2,1H3. The van der Waals surface area contributed by atoms with Gasteiger partial charge in [0.1, 0.15) is 5.75 Å². The number of aromatic hydroxyl groups is 1. The van der Waals surface area contributed by atoms with E-state index in [4.69, 9.17) is 5.11 Å². The van der Waals surface area contributed by atoms with Crippen molar-refractivity contribution >= 4 is 10.0 Å². The second kappa shape index (κ2) is 4.87. The van der Waals surface area contributed by atoms with Crippen molar-refractivity contribution in [1.29, 1.82) is 0 Å². The van der Waals surface area contributed by atoms with Gasteiger partial charge in [0.2, 0.25) is 10.0 Å². The van der Waals surface area contributed by atoms with Crippen LogP contribution in [0.15, 0.2) is 29.2 Å². The summed E-state index contributed by atoms with van der Waals surface area (Å²) in [5.74, 6) is 0.0362. The third kappa shape index (κ3) is 2.50. The van der Waals surface area contributed by atoms with Crippen molar-refractivity contribution in [2.24, 2.45) is 5.92 Å². The monoisotopic (exact) mass is 271 g/mol. The van der Waals surface area contributed by atoms with Crippen LogP contribution in [0, 0.1) is 5.92 Å². The highest BCUT2D eigenvalue weighted by atomic mass is 32.2. The molecule has 6 heteroatoms. The Kier molecular flexibility index (Phi) is 3.61. The molecule has 0 bridgehead atoms. The summed E-state index contributed by atoms with van der Waals surface area (Å²) >= 11 is 0. The minimum Gasteiger partial charge on any atom is -0.508 e. The van der Waals surface area contributed by atoms with Crippen molar-refractivity contribution in [2.45, 2.75) is 24.3 Å². The molecule has 1 fully saturated rings. The van der Waals surface area contributed by atoms with Crippen molar-refractivity contribution < 1.29 is 18.6 Å². The lowest BCUT2D eigenvalue weighted by Gasteiger charge is -2.17. The van der Waals surface area contributed by atoms with Gasteiger partial charge in [0.15, 0.2) is 0 Å². The maximum atomic E-state index is 12.3. The van der Waals surface area contributed by atoms with Gasteiger partial charge in [-0.2, -0.15) is 4.31 Å². The molecule has 1 heterocycles. The maximum Gasteiger partial charge on any atom is 0.243 e. The summed E-state index contributed by atoms with van der Waals surface area (Å²) in [7, 11) is -3.51. The lowest BCUT2D eigenvalue weighted by atomic mass is 10.0. The molecule has 1 aliphatic rings. The van der Waals surface area contributed by atoms with Crippen molar-refractivity contribution in [3.8, 4) is 5.75 Å². The van der Waals surface area contributed by atoms with E-state index >= 15 is 0 Å². The van der Waals surface area contributed by atoms with E-state index in [-0.39, 0.29) is 16.6 Å². The van der Waals surface area contributed by atoms with Gasteiger partial charge in [-0.15, -0.1) is 0 Å². The van der Waals surface area contributed by atoms with Gasteiger partial charge in [-0.05, 0) is 43.5 Å². The van der Waals surface area contributed by atoms with E-state index < -0.39 is 16.1 Å². The van der Waals surface area contributed by atoms with Gasteiger partial charge in [-0.25, -0.2) is 8.42 Å². The molecule has 0 amide bonds. The van der Waals surface area contributed by atoms with Crippen LogP contribution in [0.4, 0.5) is 0 Å². The molecule has 2 rings (SSSR count). The molecule has 2 unspecified atom stereocenters. The molecule has 2 N–H and O–H groups in total. The largest absolute Gasteiger partial charge is 0.508 e. The molecule has 2 atom stereocenters. The molecule has 18 heavy (non-hydrogen) atoms. The SMILES string of the molecule is CC(O)C1CCN(S(=O)(=O)c2ccc(O)cc2)C1. The zero-order valence-corrected chi connectivity index (χ0v) is 11.0. The molecule has 0 spiro atoms. The van der Waals surface area contributed by atoms with E-state index in [1.807, 2.05) is 0 Å². The fourth-order valence-corrected chi connectivity index (χ4v) is 3.64. The van der Waals surface area contributed by atoms with Gasteiger partial charge in [-0.3, -0.25) is 0 Å². The summed E-state index contributed by atoms with van der Waals surface area (Å²) in [6.07, 6.45) is 0.180. The number of hydrogen-bond donors (Lipinski definition) is 2. The van der Waals surface area contributed by atoms with Gasteiger partial charge in [0.05, 0.1) is 11.0 Å². The highest BCUT2D eigenvalue weighted by Gasteiger charge is 2.34. The number of rotatable bonds is 3. The fraction of sp³-hybridized carbons (Fsp3) is 0.500. The Morgan fingerprint density at radius 2 is 1.94 bits per heavy atom. The van der Waals surface area contributed by atoms with Crippen LogP contribution in [0.1, 0.15) is 13.3 Å². The van der Waals surface area contributed by atoms with Crippen molar-refractivity contribution in [1.82, 2.24) is 4.31 Å². The normalized spacial score (nSPS) is 23.1. The van der Waals surface area contributed by atoms with E-state index in [0.29, 0.717) is 19.5 Å². The Hall–Kier alpha value is -1.11. The van der Waals surface area contributed by atoms with E-state index in [2.05, 4.69) is 0 Å². The molecule has 0 radical (unpaired) electrons. The van der Waals surface area contributed by atoms with Gasteiger partial charge in [0.25, 0.3) is 0 Å². The number of sulfonamides is 1. The number of phenolic OH excluding ortho intramolecular Hbond substituents is 1. The van der Waals surface area contributed by atoms with Crippen LogP contribution in [0.3, 0.4) is 0 Å². The highest BCUT2D eigenvalue weighted by molar-refractivity contribution is 7.89. The van der Waals surface area contributed by atoms with Crippen molar-refractivity contribution in [3.05, 3.63) is 24.3 Å². The summed E-state index contributed by atoms with van der Waals surface area (Å²) < 4.78 is 25.9. The first-order valence-electron chi connectivity index (χ1n) is 5.88. The Morgan fingerprint density at radius 3 is 2.44 bits per heavy atom. The molecule has 1 aliphatic heterocycles. The Labute approximate surface area is 107 Å². The lowest BCUT2D eigenvalue weighted by Crippen LogP contribution is -2.30. The van der Waals surface area contributed by atoms with Crippen LogP contribution in [0.5, 0.6) is 5.75 Å². The molecule has 0 saturated carbocycles. The van der Waals surface area contributed by atoms with Gasteiger partial charge in [0, 0.05) is 13.1 Å². The number of aliphatic hydroxyl groups excluding tert-OH is 1. The molecular formula is C12H17NO4S. The van der Waals surface area contributed by atoms with Crippen LogP contribution in [-0.2, 0) is 10.0 Å². The fourth-order valence-electron chi connectivity index (χ4n) is 2.13. The molecule has 1 aromatic carbocycles. The Bertz CT molecular complexity index is 509. The Morgan fingerprint density at radius 1 is 1.33 bits per heavy atom. The van der Waals surface area contributed by atoms with Crippen LogP contribution in [-0.4, -0.2) is 42.1 Å². The van der Waals surface area contributed by atoms with Gasteiger partial charge >= 0.3 is 0 Å². The summed E-state index contributed by atoms with van der Waals surface area (Å²) in [5, 5.41) is 18.6. The average Bonchev–Trinajstić information content (AvgIpc) is 2.79. The number of benzene rings is 1. The third-order valence-corrected chi connectivity index (χ3v) is 5.22. The van der Waals surface area contributed by atoms with E-state index in [1.54, 1.807) is 6.92 Å². The first kappa shape index (κ1) is 13.3. The molecule has 0 aromatic heterocycles. The average molecular weight is 271 g/mol. The van der Waals surface area contributed by atoms with Gasteiger partial charge in [-0.1, -0.05) is 0 Å². The smallest absolute Gasteiger partial charge is 0.243 e. The molecule has 5 nitrogen and oxygen atoms in total. The molecule has 100 valence electrons. The maximum absolute atomic E-state index is 12.3. The van der Waals surface area contributed by atoms with Crippen LogP contribution in [0.2, 0.25) is 0 Å². The first-order chi connectivity index (χ1) is 8.41. The summed E-state index contributed by atoms with van der Waals surface area (Å²) in [6, 6.07) is 5.49. The predicted molar refractivity (Wildman–Crippen MR) is 66.7 cm³/mol. The predicted octanol–water partition coefficient (Wildman–Crippen LogP) is 0.784. The van der Waals surface area contributed by atoms with E-state index in [0.717, 1.165) is 0 Å².